The summed E-state index contributed by atoms with van der Waals surface area (Å²) in [5.74, 6) is 1.65. The maximum Gasteiger partial charge on any atom is 0.161 e. The minimum atomic E-state index is 0.214. The third kappa shape index (κ3) is 3.03. The summed E-state index contributed by atoms with van der Waals surface area (Å²) >= 11 is 0. The summed E-state index contributed by atoms with van der Waals surface area (Å²) in [6, 6.07) is 8.26. The van der Waals surface area contributed by atoms with Crippen LogP contribution in [0, 0.1) is 5.41 Å². The van der Waals surface area contributed by atoms with Crippen LogP contribution in [-0.2, 0) is 0 Å². The van der Waals surface area contributed by atoms with Crippen LogP contribution in [0.1, 0.15) is 33.6 Å². The van der Waals surface area contributed by atoms with E-state index in [4.69, 9.17) is 9.47 Å². The molecule has 1 aliphatic rings. The van der Waals surface area contributed by atoms with Gasteiger partial charge < -0.3 is 14.8 Å². The highest BCUT2D eigenvalue weighted by Crippen LogP contribution is 2.40. The van der Waals surface area contributed by atoms with Crippen molar-refractivity contribution in [2.45, 2.75) is 45.8 Å². The summed E-state index contributed by atoms with van der Waals surface area (Å²) in [6.45, 7) is 7.74. The van der Waals surface area contributed by atoms with Crippen molar-refractivity contribution in [3.8, 4) is 11.5 Å². The monoisotopic (exact) mass is 263 g/mol. The fourth-order valence-electron chi connectivity index (χ4n) is 2.97. The lowest BCUT2D eigenvalue weighted by molar-refractivity contribution is 0.137. The van der Waals surface area contributed by atoms with E-state index in [2.05, 4.69) is 26.1 Å². The van der Waals surface area contributed by atoms with Crippen molar-refractivity contribution in [3.05, 3.63) is 24.3 Å². The number of nitrogens with one attached hydrogen (secondary N) is 1. The largest absolute Gasteiger partial charge is 0.493 e. The van der Waals surface area contributed by atoms with Crippen LogP contribution in [-0.4, -0.2) is 25.8 Å². The first kappa shape index (κ1) is 14.2. The summed E-state index contributed by atoms with van der Waals surface area (Å²) in [7, 11) is 1.68. The molecule has 1 N–H and O–H groups in total. The van der Waals surface area contributed by atoms with Crippen molar-refractivity contribution in [3.63, 3.8) is 0 Å². The standard InChI is InChI=1S/C16H25NO2/c1-5-17-15-14(10-11-16(15,2)3)19-13-9-7-6-8-12(13)18-4/h6-9,14-15,17H,5,10-11H2,1-4H3. The van der Waals surface area contributed by atoms with E-state index in [9.17, 15) is 0 Å². The van der Waals surface area contributed by atoms with Gasteiger partial charge in [0.15, 0.2) is 11.5 Å². The Bertz CT molecular complexity index is 417. The van der Waals surface area contributed by atoms with Gasteiger partial charge in [-0.25, -0.2) is 0 Å². The van der Waals surface area contributed by atoms with E-state index in [1.807, 2.05) is 24.3 Å². The number of para-hydroxylation sites is 2. The second-order valence-corrected chi connectivity index (χ2v) is 5.87. The Balaban J connectivity index is 2.14. The van der Waals surface area contributed by atoms with E-state index in [0.717, 1.165) is 24.5 Å². The maximum absolute atomic E-state index is 6.21. The van der Waals surface area contributed by atoms with Crippen LogP contribution in [0.15, 0.2) is 24.3 Å². The van der Waals surface area contributed by atoms with Gasteiger partial charge in [0.25, 0.3) is 0 Å². The Kier molecular flexibility index (Phi) is 4.35. The Labute approximate surface area is 116 Å². The summed E-state index contributed by atoms with van der Waals surface area (Å²) in [4.78, 5) is 0. The van der Waals surface area contributed by atoms with E-state index < -0.39 is 0 Å². The number of hydrogen-bond donors (Lipinski definition) is 1. The molecule has 0 amide bonds. The zero-order chi connectivity index (χ0) is 13.9. The lowest BCUT2D eigenvalue weighted by atomic mass is 9.87. The van der Waals surface area contributed by atoms with Crippen molar-refractivity contribution in [1.29, 1.82) is 0 Å². The summed E-state index contributed by atoms with van der Waals surface area (Å²) in [5.41, 5.74) is 0.280. The van der Waals surface area contributed by atoms with Gasteiger partial charge in [-0.2, -0.15) is 0 Å². The van der Waals surface area contributed by atoms with Crippen molar-refractivity contribution in [1.82, 2.24) is 5.32 Å². The third-order valence-corrected chi connectivity index (χ3v) is 4.06. The van der Waals surface area contributed by atoms with Crippen LogP contribution in [0.4, 0.5) is 0 Å². The lowest BCUT2D eigenvalue weighted by Gasteiger charge is -2.31. The van der Waals surface area contributed by atoms with Crippen LogP contribution < -0.4 is 14.8 Å². The number of methoxy groups -OCH3 is 1. The Morgan fingerprint density at radius 3 is 2.58 bits per heavy atom. The molecule has 0 radical (unpaired) electrons. The molecule has 2 rings (SSSR count). The van der Waals surface area contributed by atoms with Gasteiger partial charge in [-0.15, -0.1) is 0 Å². The molecule has 1 aromatic rings. The fourth-order valence-corrected chi connectivity index (χ4v) is 2.97. The summed E-state index contributed by atoms with van der Waals surface area (Å²) in [5, 5.41) is 3.58. The zero-order valence-electron chi connectivity index (χ0n) is 12.4. The van der Waals surface area contributed by atoms with Gasteiger partial charge in [-0.3, -0.25) is 0 Å². The second kappa shape index (κ2) is 5.83. The number of rotatable bonds is 5. The van der Waals surface area contributed by atoms with Gasteiger partial charge in [-0.05, 0) is 36.9 Å². The average Bonchev–Trinajstić information content (AvgIpc) is 2.67. The molecule has 3 heteroatoms. The SMILES string of the molecule is CCNC1C(Oc2ccccc2OC)CCC1(C)C. The van der Waals surface area contributed by atoms with E-state index in [-0.39, 0.29) is 11.5 Å². The van der Waals surface area contributed by atoms with Crippen LogP contribution in [0.25, 0.3) is 0 Å². The van der Waals surface area contributed by atoms with E-state index >= 15 is 0 Å². The molecule has 106 valence electrons. The molecule has 2 unspecified atom stereocenters. The molecule has 0 bridgehead atoms. The minimum Gasteiger partial charge on any atom is -0.493 e. The summed E-state index contributed by atoms with van der Waals surface area (Å²) in [6.07, 6.45) is 2.49. The Hall–Kier alpha value is -1.22. The Morgan fingerprint density at radius 1 is 1.26 bits per heavy atom. The molecule has 1 fully saturated rings. The number of benzene rings is 1. The van der Waals surface area contributed by atoms with Crippen molar-refractivity contribution < 1.29 is 9.47 Å². The third-order valence-electron chi connectivity index (χ3n) is 4.06. The van der Waals surface area contributed by atoms with Crippen LogP contribution in [0.5, 0.6) is 11.5 Å². The van der Waals surface area contributed by atoms with Gasteiger partial charge in [0.1, 0.15) is 6.10 Å². The number of likely N-dealkylation sites (N-methyl/N-ethyl adjacent to an activating group) is 1. The minimum absolute atomic E-state index is 0.214. The predicted molar refractivity (Wildman–Crippen MR) is 77.9 cm³/mol. The average molecular weight is 263 g/mol. The Morgan fingerprint density at radius 2 is 1.95 bits per heavy atom. The highest BCUT2D eigenvalue weighted by atomic mass is 16.5. The molecule has 0 saturated heterocycles. The fraction of sp³-hybridized carbons (Fsp3) is 0.625. The van der Waals surface area contributed by atoms with Crippen molar-refractivity contribution in [2.75, 3.05) is 13.7 Å². The van der Waals surface area contributed by atoms with E-state index in [1.165, 1.54) is 6.42 Å². The summed E-state index contributed by atoms with van der Waals surface area (Å²) < 4.78 is 11.6. The number of hydrogen-bond acceptors (Lipinski definition) is 3. The van der Waals surface area contributed by atoms with Crippen molar-refractivity contribution >= 4 is 0 Å². The maximum atomic E-state index is 6.21. The smallest absolute Gasteiger partial charge is 0.161 e. The van der Waals surface area contributed by atoms with Gasteiger partial charge in [0, 0.05) is 6.04 Å². The van der Waals surface area contributed by atoms with Gasteiger partial charge in [0.2, 0.25) is 0 Å². The molecule has 0 aromatic heterocycles. The number of ether oxygens (including phenoxy) is 2. The van der Waals surface area contributed by atoms with Crippen LogP contribution in [0.2, 0.25) is 0 Å². The highest BCUT2D eigenvalue weighted by Gasteiger charge is 2.43. The zero-order valence-corrected chi connectivity index (χ0v) is 12.4. The van der Waals surface area contributed by atoms with Crippen LogP contribution in [0.3, 0.4) is 0 Å². The molecular formula is C16H25NO2. The molecule has 0 spiro atoms. The molecule has 1 saturated carbocycles. The normalized spacial score (nSPS) is 25.3. The second-order valence-electron chi connectivity index (χ2n) is 5.87. The quantitative estimate of drug-likeness (QED) is 0.884. The predicted octanol–water partition coefficient (Wildman–Crippen LogP) is 3.24. The topological polar surface area (TPSA) is 30.5 Å². The molecule has 0 aliphatic heterocycles. The molecule has 1 aromatic carbocycles. The first-order valence-corrected chi connectivity index (χ1v) is 7.11. The molecule has 19 heavy (non-hydrogen) atoms. The first-order valence-electron chi connectivity index (χ1n) is 7.11. The molecule has 3 nitrogen and oxygen atoms in total. The van der Waals surface area contributed by atoms with Crippen LogP contribution >= 0.6 is 0 Å². The van der Waals surface area contributed by atoms with E-state index in [1.54, 1.807) is 7.11 Å². The van der Waals surface area contributed by atoms with E-state index in [0.29, 0.717) is 6.04 Å². The molecule has 1 aliphatic carbocycles. The van der Waals surface area contributed by atoms with Gasteiger partial charge in [-0.1, -0.05) is 32.9 Å². The molecule has 2 atom stereocenters. The van der Waals surface area contributed by atoms with Crippen molar-refractivity contribution in [2.24, 2.45) is 5.41 Å². The lowest BCUT2D eigenvalue weighted by Crippen LogP contribution is -2.46. The molecular weight excluding hydrogens is 238 g/mol. The highest BCUT2D eigenvalue weighted by molar-refractivity contribution is 5.39. The van der Waals surface area contributed by atoms with Gasteiger partial charge >= 0.3 is 0 Å². The first-order chi connectivity index (χ1) is 9.08. The molecule has 0 heterocycles. The van der Waals surface area contributed by atoms with Gasteiger partial charge in [0.05, 0.1) is 7.11 Å².